The van der Waals surface area contributed by atoms with E-state index >= 15 is 0 Å². The molecule has 6 heteroatoms. The van der Waals surface area contributed by atoms with Crippen molar-refractivity contribution in [3.63, 3.8) is 0 Å². The third-order valence-electron chi connectivity index (χ3n) is 3.82. The second kappa shape index (κ2) is 8.19. The number of benzene rings is 2. The molecule has 0 saturated carbocycles. The maximum atomic E-state index is 12.8. The van der Waals surface area contributed by atoms with E-state index in [-0.39, 0.29) is 12.0 Å². The molecule has 0 radical (unpaired) electrons. The summed E-state index contributed by atoms with van der Waals surface area (Å²) >= 11 is 0. The highest BCUT2D eigenvalue weighted by molar-refractivity contribution is 6.00. The lowest BCUT2D eigenvalue weighted by molar-refractivity contribution is -0.137. The van der Waals surface area contributed by atoms with Gasteiger partial charge in [0.1, 0.15) is 17.1 Å². The molecular formula is C19H21NO5. The van der Waals surface area contributed by atoms with E-state index in [1.54, 1.807) is 18.2 Å². The molecule has 0 heterocycles. The van der Waals surface area contributed by atoms with Gasteiger partial charge in [-0.25, -0.2) is 0 Å². The van der Waals surface area contributed by atoms with Crippen molar-refractivity contribution in [3.05, 3.63) is 59.2 Å². The van der Waals surface area contributed by atoms with Crippen LogP contribution in [-0.4, -0.2) is 31.2 Å². The molecule has 0 aromatic heterocycles. The van der Waals surface area contributed by atoms with Gasteiger partial charge in [-0.05, 0) is 24.6 Å². The molecule has 0 saturated heterocycles. The number of ether oxygens (including phenoxy) is 2. The van der Waals surface area contributed by atoms with Crippen LogP contribution in [0.25, 0.3) is 0 Å². The van der Waals surface area contributed by atoms with Crippen LogP contribution in [0.15, 0.2) is 42.5 Å². The van der Waals surface area contributed by atoms with Gasteiger partial charge in [0.25, 0.3) is 5.91 Å². The number of amides is 1. The molecule has 0 fully saturated rings. The van der Waals surface area contributed by atoms with E-state index in [4.69, 9.17) is 9.47 Å². The summed E-state index contributed by atoms with van der Waals surface area (Å²) in [5.74, 6) is -0.747. The summed E-state index contributed by atoms with van der Waals surface area (Å²) in [5.41, 5.74) is 2.00. The number of rotatable bonds is 7. The first-order valence-electron chi connectivity index (χ1n) is 7.76. The van der Waals surface area contributed by atoms with Crippen LogP contribution in [-0.2, 0) is 4.79 Å². The molecule has 0 aliphatic rings. The largest absolute Gasteiger partial charge is 0.496 e. The van der Waals surface area contributed by atoms with E-state index in [0.717, 1.165) is 11.1 Å². The quantitative estimate of drug-likeness (QED) is 0.807. The second-order valence-corrected chi connectivity index (χ2v) is 5.57. The summed E-state index contributed by atoms with van der Waals surface area (Å²) in [5, 5.41) is 12.0. The number of carbonyl (C=O) groups excluding carboxylic acids is 1. The molecule has 1 unspecified atom stereocenters. The molecule has 6 nitrogen and oxygen atoms in total. The van der Waals surface area contributed by atoms with Crippen LogP contribution in [0.2, 0.25) is 0 Å². The minimum atomic E-state index is -1.00. The summed E-state index contributed by atoms with van der Waals surface area (Å²) in [6, 6.07) is 11.7. The van der Waals surface area contributed by atoms with Crippen LogP contribution >= 0.6 is 0 Å². The molecule has 2 rings (SSSR count). The number of aliphatic carboxylic acids is 1. The summed E-state index contributed by atoms with van der Waals surface area (Å²) in [4.78, 5) is 24.0. The molecule has 0 aliphatic heterocycles. The number of hydrogen-bond donors (Lipinski definition) is 2. The SMILES string of the molecule is COc1cccc(OC)c1C(=O)NC(CC(=O)O)c1ccc(C)cc1. The first-order valence-corrected chi connectivity index (χ1v) is 7.76. The van der Waals surface area contributed by atoms with Crippen molar-refractivity contribution in [2.45, 2.75) is 19.4 Å². The van der Waals surface area contributed by atoms with Gasteiger partial charge in [-0.1, -0.05) is 35.9 Å². The molecule has 2 aromatic carbocycles. The minimum Gasteiger partial charge on any atom is -0.496 e. The molecule has 1 amide bonds. The summed E-state index contributed by atoms with van der Waals surface area (Å²) in [7, 11) is 2.92. The number of carbonyl (C=O) groups is 2. The molecule has 25 heavy (non-hydrogen) atoms. The van der Waals surface area contributed by atoms with Crippen LogP contribution in [0.4, 0.5) is 0 Å². The maximum Gasteiger partial charge on any atom is 0.305 e. The van der Waals surface area contributed by atoms with Gasteiger partial charge >= 0.3 is 5.97 Å². The Kier molecular flexibility index (Phi) is 6.00. The van der Waals surface area contributed by atoms with Gasteiger partial charge in [-0.15, -0.1) is 0 Å². The molecule has 0 aliphatic carbocycles. The highest BCUT2D eigenvalue weighted by atomic mass is 16.5. The fourth-order valence-corrected chi connectivity index (χ4v) is 2.53. The lowest BCUT2D eigenvalue weighted by Gasteiger charge is -2.19. The molecule has 2 aromatic rings. The van der Waals surface area contributed by atoms with Gasteiger partial charge in [0.2, 0.25) is 0 Å². The zero-order valence-corrected chi connectivity index (χ0v) is 14.4. The van der Waals surface area contributed by atoms with Gasteiger partial charge < -0.3 is 19.9 Å². The average Bonchev–Trinajstić information content (AvgIpc) is 2.60. The van der Waals surface area contributed by atoms with Gasteiger partial charge in [-0.3, -0.25) is 9.59 Å². The molecular weight excluding hydrogens is 322 g/mol. The number of carboxylic acid groups (broad SMARTS) is 1. The number of methoxy groups -OCH3 is 2. The van der Waals surface area contributed by atoms with Crippen LogP contribution in [0.5, 0.6) is 11.5 Å². The molecule has 2 N–H and O–H groups in total. The van der Waals surface area contributed by atoms with Gasteiger partial charge in [0.05, 0.1) is 26.7 Å². The Hall–Kier alpha value is -3.02. The maximum absolute atomic E-state index is 12.8. The molecule has 132 valence electrons. The Balaban J connectivity index is 2.34. The third kappa shape index (κ3) is 4.50. The number of hydrogen-bond acceptors (Lipinski definition) is 4. The normalized spacial score (nSPS) is 11.5. The second-order valence-electron chi connectivity index (χ2n) is 5.57. The van der Waals surface area contributed by atoms with E-state index in [1.807, 2.05) is 31.2 Å². The predicted molar refractivity (Wildman–Crippen MR) is 93.2 cm³/mol. The van der Waals surface area contributed by atoms with E-state index in [1.165, 1.54) is 14.2 Å². The van der Waals surface area contributed by atoms with E-state index in [9.17, 15) is 14.7 Å². The van der Waals surface area contributed by atoms with Crippen molar-refractivity contribution in [2.75, 3.05) is 14.2 Å². The van der Waals surface area contributed by atoms with E-state index in [0.29, 0.717) is 11.5 Å². The Morgan fingerprint density at radius 1 is 1.04 bits per heavy atom. The van der Waals surface area contributed by atoms with Gasteiger partial charge in [0.15, 0.2) is 0 Å². The first-order chi connectivity index (χ1) is 12.0. The number of nitrogens with one attached hydrogen (secondary N) is 1. The molecule has 0 bridgehead atoms. The van der Waals surface area contributed by atoms with Crippen LogP contribution in [0, 0.1) is 6.92 Å². The van der Waals surface area contributed by atoms with Gasteiger partial charge in [-0.2, -0.15) is 0 Å². The van der Waals surface area contributed by atoms with Gasteiger partial charge in [0, 0.05) is 0 Å². The lowest BCUT2D eigenvalue weighted by Crippen LogP contribution is -2.30. The third-order valence-corrected chi connectivity index (χ3v) is 3.82. The topological polar surface area (TPSA) is 84.9 Å². The number of carboxylic acids is 1. The van der Waals surface area contributed by atoms with Crippen molar-refractivity contribution in [2.24, 2.45) is 0 Å². The Morgan fingerprint density at radius 3 is 2.08 bits per heavy atom. The zero-order valence-electron chi connectivity index (χ0n) is 14.4. The Labute approximate surface area is 146 Å². The number of aryl methyl sites for hydroxylation is 1. The monoisotopic (exact) mass is 343 g/mol. The van der Waals surface area contributed by atoms with E-state index < -0.39 is 17.9 Å². The summed E-state index contributed by atoms with van der Waals surface area (Å²) in [6.45, 7) is 1.94. The molecule has 0 spiro atoms. The predicted octanol–water partition coefficient (Wildman–Crippen LogP) is 2.96. The Morgan fingerprint density at radius 2 is 1.60 bits per heavy atom. The average molecular weight is 343 g/mol. The highest BCUT2D eigenvalue weighted by Crippen LogP contribution is 2.29. The minimum absolute atomic E-state index is 0.230. The fraction of sp³-hybridized carbons (Fsp3) is 0.263. The summed E-state index contributed by atoms with van der Waals surface area (Å²) in [6.07, 6.45) is -0.230. The first kappa shape index (κ1) is 18.3. The van der Waals surface area contributed by atoms with E-state index in [2.05, 4.69) is 5.32 Å². The smallest absolute Gasteiger partial charge is 0.305 e. The van der Waals surface area contributed by atoms with Crippen molar-refractivity contribution in [1.29, 1.82) is 0 Å². The molecule has 1 atom stereocenters. The highest BCUT2D eigenvalue weighted by Gasteiger charge is 2.23. The van der Waals surface area contributed by atoms with Crippen molar-refractivity contribution in [1.82, 2.24) is 5.32 Å². The Bertz CT molecular complexity index is 733. The lowest BCUT2D eigenvalue weighted by atomic mass is 10.0. The fourth-order valence-electron chi connectivity index (χ4n) is 2.53. The summed E-state index contributed by atoms with van der Waals surface area (Å²) < 4.78 is 10.5. The zero-order chi connectivity index (χ0) is 18.4. The van der Waals surface area contributed by atoms with Crippen LogP contribution in [0.3, 0.4) is 0 Å². The van der Waals surface area contributed by atoms with Crippen molar-refractivity contribution >= 4 is 11.9 Å². The van der Waals surface area contributed by atoms with Crippen molar-refractivity contribution < 1.29 is 24.2 Å². The standard InChI is InChI=1S/C19H21NO5/c1-12-7-9-13(10-8-12)14(11-17(21)22)20-19(23)18-15(24-2)5-4-6-16(18)25-3/h4-10,14H,11H2,1-3H3,(H,20,23)(H,21,22). The van der Waals surface area contributed by atoms with Crippen molar-refractivity contribution in [3.8, 4) is 11.5 Å². The van der Waals surface area contributed by atoms with Crippen LogP contribution in [0.1, 0.15) is 33.9 Å². The van der Waals surface area contributed by atoms with Crippen LogP contribution < -0.4 is 14.8 Å².